The molecular formula is C20H19N3O4S. The molecule has 3 aromatic rings. The number of fused-ring (bicyclic) bond motifs is 1. The first kappa shape index (κ1) is 18.4. The molecule has 0 saturated carbocycles. The van der Waals surface area contributed by atoms with Crippen molar-refractivity contribution in [2.75, 3.05) is 31.4 Å². The summed E-state index contributed by atoms with van der Waals surface area (Å²) in [6.45, 7) is 0.705. The van der Waals surface area contributed by atoms with E-state index in [4.69, 9.17) is 13.9 Å². The first-order valence-electron chi connectivity index (χ1n) is 8.76. The molecular weight excluding hydrogens is 378 g/mol. The Labute approximate surface area is 166 Å². The van der Waals surface area contributed by atoms with Crippen LogP contribution in [-0.2, 0) is 11.2 Å². The van der Waals surface area contributed by atoms with Crippen molar-refractivity contribution in [1.82, 2.24) is 10.2 Å². The second kappa shape index (κ2) is 7.93. The van der Waals surface area contributed by atoms with Gasteiger partial charge in [-0.1, -0.05) is 30.0 Å². The second-order valence-corrected chi connectivity index (χ2v) is 7.08. The average molecular weight is 397 g/mol. The SMILES string of the molecule is COc1ccc(-c2nnc(SCC(=O)N3CCc4ccccc43)o2)c(OC)c1. The molecule has 0 bridgehead atoms. The Morgan fingerprint density at radius 3 is 2.86 bits per heavy atom. The van der Waals surface area contributed by atoms with E-state index in [-0.39, 0.29) is 11.7 Å². The molecule has 1 aliphatic heterocycles. The van der Waals surface area contributed by atoms with E-state index in [1.165, 1.54) is 17.3 Å². The van der Waals surface area contributed by atoms with E-state index >= 15 is 0 Å². The number of methoxy groups -OCH3 is 2. The van der Waals surface area contributed by atoms with Crippen LogP contribution in [0.2, 0.25) is 0 Å². The molecule has 4 rings (SSSR count). The van der Waals surface area contributed by atoms with E-state index in [1.807, 2.05) is 23.1 Å². The van der Waals surface area contributed by atoms with E-state index in [9.17, 15) is 4.79 Å². The van der Waals surface area contributed by atoms with Gasteiger partial charge in [0.25, 0.3) is 11.1 Å². The van der Waals surface area contributed by atoms with Gasteiger partial charge in [-0.05, 0) is 30.2 Å². The quantitative estimate of drug-likeness (QED) is 0.590. The van der Waals surface area contributed by atoms with Gasteiger partial charge in [-0.25, -0.2) is 0 Å². The van der Waals surface area contributed by atoms with Crippen molar-refractivity contribution >= 4 is 23.4 Å². The summed E-state index contributed by atoms with van der Waals surface area (Å²) in [5.74, 6) is 1.84. The highest BCUT2D eigenvalue weighted by Gasteiger charge is 2.24. The maximum absolute atomic E-state index is 12.6. The third kappa shape index (κ3) is 3.55. The van der Waals surface area contributed by atoms with Crippen LogP contribution in [-0.4, -0.2) is 42.6 Å². The third-order valence-corrected chi connectivity index (χ3v) is 5.36. The summed E-state index contributed by atoms with van der Waals surface area (Å²) < 4.78 is 16.3. The fourth-order valence-electron chi connectivity index (χ4n) is 3.15. The van der Waals surface area contributed by atoms with Crippen molar-refractivity contribution in [3.63, 3.8) is 0 Å². The number of hydrogen-bond acceptors (Lipinski definition) is 7. The van der Waals surface area contributed by atoms with Crippen molar-refractivity contribution < 1.29 is 18.7 Å². The second-order valence-electron chi connectivity index (χ2n) is 6.15. The number of rotatable bonds is 6. The Morgan fingerprint density at radius 2 is 2.04 bits per heavy atom. The molecule has 1 aromatic heterocycles. The molecule has 8 heteroatoms. The number of para-hydroxylation sites is 1. The van der Waals surface area contributed by atoms with Crippen LogP contribution in [0.25, 0.3) is 11.5 Å². The topological polar surface area (TPSA) is 77.7 Å². The van der Waals surface area contributed by atoms with E-state index < -0.39 is 0 Å². The lowest BCUT2D eigenvalue weighted by atomic mass is 10.2. The summed E-state index contributed by atoms with van der Waals surface area (Å²) >= 11 is 1.23. The van der Waals surface area contributed by atoms with Crippen LogP contribution < -0.4 is 14.4 Å². The van der Waals surface area contributed by atoms with Crippen molar-refractivity contribution in [1.29, 1.82) is 0 Å². The number of benzene rings is 2. The molecule has 1 amide bonds. The molecule has 144 valence electrons. The van der Waals surface area contributed by atoms with Crippen LogP contribution >= 0.6 is 11.8 Å². The van der Waals surface area contributed by atoms with Crippen LogP contribution in [0, 0.1) is 0 Å². The van der Waals surface area contributed by atoms with Crippen LogP contribution in [0.3, 0.4) is 0 Å². The van der Waals surface area contributed by atoms with Crippen molar-refractivity contribution in [2.24, 2.45) is 0 Å². The summed E-state index contributed by atoms with van der Waals surface area (Å²) in [6, 6.07) is 13.3. The van der Waals surface area contributed by atoms with Gasteiger partial charge in [0.05, 0.1) is 25.5 Å². The lowest BCUT2D eigenvalue weighted by Gasteiger charge is -2.16. The molecule has 28 heavy (non-hydrogen) atoms. The van der Waals surface area contributed by atoms with Crippen molar-refractivity contribution in [3.05, 3.63) is 48.0 Å². The summed E-state index contributed by atoms with van der Waals surface area (Å²) in [4.78, 5) is 14.4. The number of thioether (sulfide) groups is 1. The molecule has 1 aliphatic rings. The normalized spacial score (nSPS) is 12.7. The number of amides is 1. The van der Waals surface area contributed by atoms with Crippen LogP contribution in [0.5, 0.6) is 11.5 Å². The molecule has 7 nitrogen and oxygen atoms in total. The Bertz CT molecular complexity index is 1000. The van der Waals surface area contributed by atoms with Crippen LogP contribution in [0.15, 0.2) is 52.1 Å². The third-order valence-electron chi connectivity index (χ3n) is 4.55. The monoisotopic (exact) mass is 397 g/mol. The maximum Gasteiger partial charge on any atom is 0.277 e. The number of hydrogen-bond donors (Lipinski definition) is 0. The van der Waals surface area contributed by atoms with Gasteiger partial charge in [0.2, 0.25) is 5.91 Å². The van der Waals surface area contributed by atoms with E-state index in [2.05, 4.69) is 16.3 Å². The molecule has 0 saturated heterocycles. The molecule has 0 radical (unpaired) electrons. The minimum atomic E-state index is 0.0247. The minimum Gasteiger partial charge on any atom is -0.497 e. The zero-order valence-electron chi connectivity index (χ0n) is 15.5. The van der Waals surface area contributed by atoms with Crippen LogP contribution in [0.1, 0.15) is 5.56 Å². The highest BCUT2D eigenvalue weighted by Crippen LogP contribution is 2.34. The minimum absolute atomic E-state index is 0.0247. The van der Waals surface area contributed by atoms with E-state index in [0.717, 1.165) is 12.1 Å². The summed E-state index contributed by atoms with van der Waals surface area (Å²) in [7, 11) is 3.16. The maximum atomic E-state index is 12.6. The fraction of sp³-hybridized carbons (Fsp3) is 0.250. The molecule has 0 atom stereocenters. The first-order chi connectivity index (χ1) is 13.7. The number of ether oxygens (including phenoxy) is 2. The van der Waals surface area contributed by atoms with E-state index in [1.54, 1.807) is 32.4 Å². The molecule has 2 aromatic carbocycles. The Morgan fingerprint density at radius 1 is 1.18 bits per heavy atom. The van der Waals surface area contributed by atoms with Gasteiger partial charge in [0.1, 0.15) is 11.5 Å². The Balaban J connectivity index is 1.44. The molecule has 0 fully saturated rings. The Kier molecular flexibility index (Phi) is 5.21. The first-order valence-corrected chi connectivity index (χ1v) is 9.75. The standard InChI is InChI=1S/C20H19N3O4S/c1-25-14-7-8-15(17(11-14)26-2)19-21-22-20(27-19)28-12-18(24)23-10-9-13-5-3-4-6-16(13)23/h3-8,11H,9-10,12H2,1-2H3. The van der Waals surface area contributed by atoms with Gasteiger partial charge in [-0.2, -0.15) is 0 Å². The smallest absolute Gasteiger partial charge is 0.277 e. The molecule has 0 N–H and O–H groups in total. The van der Waals surface area contributed by atoms with Gasteiger partial charge in [-0.15, -0.1) is 10.2 Å². The fourth-order valence-corrected chi connectivity index (χ4v) is 3.79. The van der Waals surface area contributed by atoms with Gasteiger partial charge < -0.3 is 18.8 Å². The zero-order chi connectivity index (χ0) is 19.5. The zero-order valence-corrected chi connectivity index (χ0v) is 16.4. The summed E-state index contributed by atoms with van der Waals surface area (Å²) in [6.07, 6.45) is 0.883. The Hall–Kier alpha value is -3.00. The van der Waals surface area contributed by atoms with Gasteiger partial charge >= 0.3 is 0 Å². The number of anilines is 1. The highest BCUT2D eigenvalue weighted by atomic mass is 32.2. The van der Waals surface area contributed by atoms with Crippen molar-refractivity contribution in [3.8, 4) is 23.0 Å². The number of nitrogens with zero attached hydrogens (tertiary/aromatic N) is 3. The van der Waals surface area contributed by atoms with Gasteiger partial charge in [0, 0.05) is 18.3 Å². The lowest BCUT2D eigenvalue weighted by molar-refractivity contribution is -0.116. The van der Waals surface area contributed by atoms with E-state index in [0.29, 0.717) is 34.7 Å². The molecule has 0 unspecified atom stereocenters. The molecule has 0 spiro atoms. The summed E-state index contributed by atoms with van der Waals surface area (Å²) in [5.41, 5.74) is 2.86. The predicted octanol–water partition coefficient (Wildman–Crippen LogP) is 3.44. The largest absolute Gasteiger partial charge is 0.497 e. The predicted molar refractivity (Wildman–Crippen MR) is 106 cm³/mol. The van der Waals surface area contributed by atoms with Crippen LogP contribution in [0.4, 0.5) is 5.69 Å². The van der Waals surface area contributed by atoms with Gasteiger partial charge in [0.15, 0.2) is 0 Å². The van der Waals surface area contributed by atoms with Gasteiger partial charge in [-0.3, -0.25) is 4.79 Å². The summed E-state index contributed by atoms with van der Waals surface area (Å²) in [5, 5.41) is 8.46. The van der Waals surface area contributed by atoms with Crippen molar-refractivity contribution in [2.45, 2.75) is 11.6 Å². The highest BCUT2D eigenvalue weighted by molar-refractivity contribution is 7.99. The number of carbonyl (C=O) groups is 1. The number of carbonyl (C=O) groups excluding carboxylic acids is 1. The average Bonchev–Trinajstić information content (AvgIpc) is 3.38. The number of aromatic nitrogens is 2. The lowest BCUT2D eigenvalue weighted by Crippen LogP contribution is -2.30. The molecule has 2 heterocycles. The molecule has 0 aliphatic carbocycles.